The molecule has 0 saturated heterocycles. The average molecular weight is 385 g/mol. The Bertz CT molecular complexity index is 1440. The van der Waals surface area contributed by atoms with Crippen molar-refractivity contribution in [3.8, 4) is 11.5 Å². The fraction of sp³-hybridized carbons (Fsp3) is 0. The second-order valence-corrected chi connectivity index (χ2v) is 7.75. The molecule has 0 atom stereocenters. The van der Waals surface area contributed by atoms with Gasteiger partial charge in [0.2, 0.25) is 0 Å². The minimum absolute atomic E-state index is 0.00325. The monoisotopic (exact) mass is 385 g/mol. The van der Waals surface area contributed by atoms with Crippen molar-refractivity contribution in [2.75, 3.05) is 4.90 Å². The normalized spacial score (nSPS) is 13.5. The van der Waals surface area contributed by atoms with E-state index in [9.17, 15) is 0 Å². The second-order valence-electron chi connectivity index (χ2n) is 7.75. The summed E-state index contributed by atoms with van der Waals surface area (Å²) in [7, 11) is 0. The van der Waals surface area contributed by atoms with E-state index in [0.29, 0.717) is 0 Å². The molecule has 7 rings (SSSR count). The first-order chi connectivity index (χ1) is 14.9. The summed E-state index contributed by atoms with van der Waals surface area (Å²) in [6, 6.07) is 33.5. The lowest BCUT2D eigenvalue weighted by atomic mass is 9.36. The summed E-state index contributed by atoms with van der Waals surface area (Å²) >= 11 is 0. The number of ether oxygens (including phenoxy) is 1. The maximum absolute atomic E-state index is 6.46. The second kappa shape index (κ2) is 5.80. The fourth-order valence-electron chi connectivity index (χ4n) is 4.90. The molecule has 4 aromatic carbocycles. The van der Waals surface area contributed by atoms with Crippen LogP contribution in [0.25, 0.3) is 11.0 Å². The molecule has 140 valence electrons. The molecule has 3 heterocycles. The van der Waals surface area contributed by atoms with Gasteiger partial charge in [-0.3, -0.25) is 0 Å². The molecule has 1 aromatic heterocycles. The first-order valence-electron chi connectivity index (χ1n) is 10.2. The number of fused-ring (bicyclic) bond motifs is 6. The summed E-state index contributed by atoms with van der Waals surface area (Å²) in [4.78, 5) is 2.32. The zero-order chi connectivity index (χ0) is 19.7. The summed E-state index contributed by atoms with van der Waals surface area (Å²) in [5.74, 6) is 1.73. The number of para-hydroxylation sites is 3. The highest BCUT2D eigenvalue weighted by atomic mass is 16.5. The van der Waals surface area contributed by atoms with Gasteiger partial charge in [0.25, 0.3) is 0 Å². The number of hydrogen-bond acceptors (Lipinski definition) is 3. The molecule has 0 unspecified atom stereocenters. The van der Waals surface area contributed by atoms with Crippen molar-refractivity contribution in [2.24, 2.45) is 0 Å². The van der Waals surface area contributed by atoms with Gasteiger partial charge in [-0.05, 0) is 47.9 Å². The van der Waals surface area contributed by atoms with Crippen LogP contribution in [-0.2, 0) is 0 Å². The number of rotatable bonds is 1. The molecule has 0 radical (unpaired) electrons. The maximum Gasteiger partial charge on any atom is 0.301 e. The quantitative estimate of drug-likeness (QED) is 0.378. The SMILES string of the molecule is c1ccc(N2c3ccccc3B3c4oc5ccccc5c4Oc4cccc2c43)cc1. The third-order valence-electron chi connectivity index (χ3n) is 6.13. The molecule has 0 N–H and O–H groups in total. The maximum atomic E-state index is 6.46. The Labute approximate surface area is 174 Å². The highest BCUT2D eigenvalue weighted by Gasteiger charge is 2.44. The van der Waals surface area contributed by atoms with Gasteiger partial charge in [0.05, 0.1) is 5.39 Å². The van der Waals surface area contributed by atoms with Gasteiger partial charge in [-0.25, -0.2) is 0 Å². The van der Waals surface area contributed by atoms with E-state index in [4.69, 9.17) is 9.15 Å². The van der Waals surface area contributed by atoms with Gasteiger partial charge in [0.1, 0.15) is 17.0 Å². The van der Waals surface area contributed by atoms with Crippen molar-refractivity contribution in [1.82, 2.24) is 0 Å². The van der Waals surface area contributed by atoms with Crippen molar-refractivity contribution in [3.05, 3.63) is 97.1 Å². The first-order valence-corrected chi connectivity index (χ1v) is 10.2. The Kier molecular flexibility index (Phi) is 3.08. The molecule has 0 saturated carbocycles. The van der Waals surface area contributed by atoms with E-state index < -0.39 is 0 Å². The van der Waals surface area contributed by atoms with E-state index in [-0.39, 0.29) is 6.71 Å². The molecule has 2 aliphatic rings. The van der Waals surface area contributed by atoms with E-state index in [1.54, 1.807) is 0 Å². The molecule has 0 amide bonds. The van der Waals surface area contributed by atoms with E-state index in [1.807, 2.05) is 24.3 Å². The largest absolute Gasteiger partial charge is 0.466 e. The van der Waals surface area contributed by atoms with Crippen molar-refractivity contribution < 1.29 is 9.15 Å². The molecule has 0 spiro atoms. The first kappa shape index (κ1) is 15.9. The molecule has 4 heteroatoms. The summed E-state index contributed by atoms with van der Waals surface area (Å²) in [5, 5.41) is 1.02. The van der Waals surface area contributed by atoms with Gasteiger partial charge in [0, 0.05) is 22.5 Å². The molecule has 5 aromatic rings. The number of hydrogen-bond donors (Lipinski definition) is 0. The number of nitrogens with zero attached hydrogens (tertiary/aromatic N) is 1. The number of furan rings is 1. The van der Waals surface area contributed by atoms with Crippen LogP contribution in [0.2, 0.25) is 0 Å². The smallest absolute Gasteiger partial charge is 0.301 e. The topological polar surface area (TPSA) is 25.6 Å². The van der Waals surface area contributed by atoms with Gasteiger partial charge in [-0.15, -0.1) is 0 Å². The highest BCUT2D eigenvalue weighted by Crippen LogP contribution is 2.42. The van der Waals surface area contributed by atoms with Crippen LogP contribution in [-0.4, -0.2) is 6.71 Å². The lowest BCUT2D eigenvalue weighted by molar-refractivity contribution is 0.482. The Morgan fingerprint density at radius 3 is 2.37 bits per heavy atom. The highest BCUT2D eigenvalue weighted by molar-refractivity contribution is 6.98. The Morgan fingerprint density at radius 1 is 0.667 bits per heavy atom. The van der Waals surface area contributed by atoms with E-state index in [0.717, 1.165) is 45.0 Å². The van der Waals surface area contributed by atoms with Crippen LogP contribution in [0.4, 0.5) is 17.1 Å². The number of anilines is 3. The lowest BCUT2D eigenvalue weighted by Crippen LogP contribution is -2.59. The molecule has 30 heavy (non-hydrogen) atoms. The lowest BCUT2D eigenvalue weighted by Gasteiger charge is -2.38. The van der Waals surface area contributed by atoms with Crippen LogP contribution in [0.3, 0.4) is 0 Å². The van der Waals surface area contributed by atoms with Crippen LogP contribution in [0.15, 0.2) is 101 Å². The summed E-state index contributed by atoms with van der Waals surface area (Å²) in [6.07, 6.45) is 0. The Hall–Kier alpha value is -3.92. The zero-order valence-electron chi connectivity index (χ0n) is 16.1. The van der Waals surface area contributed by atoms with Gasteiger partial charge in [-0.1, -0.05) is 54.6 Å². The van der Waals surface area contributed by atoms with Crippen LogP contribution >= 0.6 is 0 Å². The predicted molar refractivity (Wildman–Crippen MR) is 122 cm³/mol. The molecule has 2 aliphatic heterocycles. The third kappa shape index (κ3) is 2.00. The molecule has 0 bridgehead atoms. The molecular formula is C26H16BNO2. The molecule has 0 fully saturated rings. The standard InChI is InChI=1S/C26H16BNO2/c1-2-9-17(10-3-1)28-20-13-6-5-12-19(20)27-24-21(28)14-8-16-23(24)29-25-18-11-4-7-15-22(18)30-26(25)27/h1-16H. The van der Waals surface area contributed by atoms with Crippen molar-refractivity contribution in [3.63, 3.8) is 0 Å². The minimum Gasteiger partial charge on any atom is -0.466 e. The zero-order valence-corrected chi connectivity index (χ0v) is 16.1. The van der Waals surface area contributed by atoms with Crippen molar-refractivity contribution in [2.45, 2.75) is 0 Å². The van der Waals surface area contributed by atoms with E-state index in [1.165, 1.54) is 11.2 Å². The predicted octanol–water partition coefficient (Wildman–Crippen LogP) is 4.84. The van der Waals surface area contributed by atoms with Crippen LogP contribution in [0.5, 0.6) is 11.5 Å². The fourth-order valence-corrected chi connectivity index (χ4v) is 4.90. The van der Waals surface area contributed by atoms with Crippen LogP contribution in [0.1, 0.15) is 0 Å². The Balaban J connectivity index is 1.58. The summed E-state index contributed by atoms with van der Waals surface area (Å²) in [5.41, 5.74) is 7.57. The minimum atomic E-state index is 0.00325. The van der Waals surface area contributed by atoms with Gasteiger partial charge < -0.3 is 14.1 Å². The third-order valence-corrected chi connectivity index (χ3v) is 6.13. The van der Waals surface area contributed by atoms with Crippen LogP contribution < -0.4 is 26.2 Å². The Morgan fingerprint density at radius 2 is 1.43 bits per heavy atom. The van der Waals surface area contributed by atoms with Gasteiger partial charge in [-0.2, -0.15) is 0 Å². The number of benzene rings is 4. The van der Waals surface area contributed by atoms with E-state index >= 15 is 0 Å². The molecular weight excluding hydrogens is 369 g/mol. The van der Waals surface area contributed by atoms with Crippen molar-refractivity contribution in [1.29, 1.82) is 0 Å². The average Bonchev–Trinajstić information content (AvgIpc) is 3.18. The van der Waals surface area contributed by atoms with Gasteiger partial charge >= 0.3 is 6.71 Å². The van der Waals surface area contributed by atoms with Gasteiger partial charge in [0.15, 0.2) is 5.75 Å². The van der Waals surface area contributed by atoms with E-state index in [2.05, 4.69) is 77.7 Å². The van der Waals surface area contributed by atoms with Crippen molar-refractivity contribution >= 4 is 51.3 Å². The molecule has 0 aliphatic carbocycles. The van der Waals surface area contributed by atoms with Crippen LogP contribution in [0, 0.1) is 0 Å². The summed E-state index contributed by atoms with van der Waals surface area (Å²) < 4.78 is 12.9. The molecule has 3 nitrogen and oxygen atoms in total. The summed E-state index contributed by atoms with van der Waals surface area (Å²) in [6.45, 7) is 0.00325.